The van der Waals surface area contributed by atoms with E-state index in [1.165, 1.54) is 0 Å². The molecule has 2 N–H and O–H groups in total. The number of hydrogen-bond acceptors (Lipinski definition) is 6. The lowest BCUT2D eigenvalue weighted by Crippen LogP contribution is -2.47. The average molecular weight is 304 g/mol. The zero-order valence-corrected chi connectivity index (χ0v) is 12.7. The minimum Gasteiger partial charge on any atom is -0.463 e. The van der Waals surface area contributed by atoms with Crippen LogP contribution in [0.25, 0.3) is 0 Å². The van der Waals surface area contributed by atoms with Crippen molar-refractivity contribution in [2.24, 2.45) is 5.73 Å². The summed E-state index contributed by atoms with van der Waals surface area (Å²) in [5, 5.41) is -0.400. The number of furan rings is 1. The second-order valence-electron chi connectivity index (χ2n) is 4.52. The van der Waals surface area contributed by atoms with Gasteiger partial charge in [0.05, 0.1) is 13.1 Å². The van der Waals surface area contributed by atoms with Crippen molar-refractivity contribution in [3.8, 4) is 0 Å². The zero-order valence-electron chi connectivity index (χ0n) is 11.0. The van der Waals surface area contributed by atoms with Crippen LogP contribution in [0.2, 0.25) is 0 Å². The van der Waals surface area contributed by atoms with Crippen molar-refractivity contribution in [2.75, 3.05) is 23.8 Å². The molecule has 1 unspecified atom stereocenters. The van der Waals surface area contributed by atoms with E-state index in [0.29, 0.717) is 18.8 Å². The summed E-state index contributed by atoms with van der Waals surface area (Å²) in [7, 11) is -3.05. The maximum absolute atomic E-state index is 12.1. The molecule has 2 rings (SSSR count). The van der Waals surface area contributed by atoms with Gasteiger partial charge in [-0.2, -0.15) is 11.8 Å². The van der Waals surface area contributed by atoms with Gasteiger partial charge in [-0.15, -0.1) is 0 Å². The lowest BCUT2D eigenvalue weighted by atomic mass is 10.4. The molecule has 0 saturated carbocycles. The predicted molar refractivity (Wildman–Crippen MR) is 77.6 cm³/mol. The Labute approximate surface area is 118 Å². The van der Waals surface area contributed by atoms with Gasteiger partial charge < -0.3 is 10.2 Å². The fraction of sp³-hybridized carbons (Fsp3) is 0.667. The fourth-order valence-corrected chi connectivity index (χ4v) is 5.22. The van der Waals surface area contributed by atoms with Crippen molar-refractivity contribution in [1.82, 2.24) is 4.90 Å². The maximum atomic E-state index is 12.1. The summed E-state index contributed by atoms with van der Waals surface area (Å²) in [5.41, 5.74) is 5.51. The molecule has 1 fully saturated rings. The van der Waals surface area contributed by atoms with Crippen LogP contribution in [-0.2, 0) is 22.9 Å². The van der Waals surface area contributed by atoms with Crippen molar-refractivity contribution in [2.45, 2.75) is 25.4 Å². The van der Waals surface area contributed by atoms with Gasteiger partial charge in [0.2, 0.25) is 0 Å². The minimum absolute atomic E-state index is 0.181. The Bertz CT molecular complexity index is 513. The van der Waals surface area contributed by atoms with Crippen LogP contribution >= 0.6 is 11.8 Å². The molecule has 1 aliphatic heterocycles. The van der Waals surface area contributed by atoms with Crippen molar-refractivity contribution >= 4 is 21.6 Å². The monoisotopic (exact) mass is 304 g/mol. The van der Waals surface area contributed by atoms with Gasteiger partial charge in [0.1, 0.15) is 16.9 Å². The maximum Gasteiger partial charge on any atom is 0.166 e. The molecule has 1 aromatic rings. The predicted octanol–water partition coefficient (Wildman–Crippen LogP) is 1.05. The van der Waals surface area contributed by atoms with Gasteiger partial charge in [-0.05, 0) is 12.1 Å². The van der Waals surface area contributed by atoms with E-state index in [1.807, 2.05) is 17.0 Å². The van der Waals surface area contributed by atoms with E-state index < -0.39 is 15.2 Å². The molecule has 0 spiro atoms. The molecular weight excluding hydrogens is 284 g/mol. The molecule has 1 saturated heterocycles. The van der Waals surface area contributed by atoms with Crippen molar-refractivity contribution in [3.63, 3.8) is 0 Å². The highest BCUT2D eigenvalue weighted by Gasteiger charge is 2.33. The van der Waals surface area contributed by atoms with Crippen LogP contribution in [-0.4, -0.2) is 42.5 Å². The smallest absolute Gasteiger partial charge is 0.166 e. The molecule has 0 amide bonds. The third kappa shape index (κ3) is 3.53. The van der Waals surface area contributed by atoms with Gasteiger partial charge in [-0.25, -0.2) is 8.42 Å². The summed E-state index contributed by atoms with van der Waals surface area (Å²) in [6.45, 7) is 3.37. The van der Waals surface area contributed by atoms with Crippen molar-refractivity contribution in [1.29, 1.82) is 0 Å². The van der Waals surface area contributed by atoms with E-state index in [-0.39, 0.29) is 5.75 Å². The van der Waals surface area contributed by atoms with E-state index in [4.69, 9.17) is 10.2 Å². The van der Waals surface area contributed by atoms with Crippen LogP contribution in [0.3, 0.4) is 0 Å². The van der Waals surface area contributed by atoms with Gasteiger partial charge >= 0.3 is 0 Å². The largest absolute Gasteiger partial charge is 0.463 e. The van der Waals surface area contributed by atoms with Crippen LogP contribution in [0.15, 0.2) is 16.5 Å². The highest BCUT2D eigenvalue weighted by Crippen LogP contribution is 2.23. The summed E-state index contributed by atoms with van der Waals surface area (Å²) < 4.78 is 29.8. The van der Waals surface area contributed by atoms with E-state index in [9.17, 15) is 8.42 Å². The Balaban J connectivity index is 2.11. The van der Waals surface area contributed by atoms with Crippen LogP contribution in [0.4, 0.5) is 0 Å². The first kappa shape index (κ1) is 14.9. The van der Waals surface area contributed by atoms with Crippen LogP contribution < -0.4 is 5.73 Å². The second-order valence-corrected chi connectivity index (χ2v) is 8.12. The normalized spacial score (nSPS) is 21.7. The molecular formula is C12H20N2O3S2. The molecule has 1 atom stereocenters. The van der Waals surface area contributed by atoms with E-state index in [1.54, 1.807) is 18.7 Å². The first-order valence-electron chi connectivity index (χ1n) is 6.38. The summed E-state index contributed by atoms with van der Waals surface area (Å²) in [6.07, 6.45) is 0. The molecule has 5 nitrogen and oxygen atoms in total. The van der Waals surface area contributed by atoms with Crippen molar-refractivity contribution in [3.05, 3.63) is 23.7 Å². The lowest BCUT2D eigenvalue weighted by Gasteiger charge is -2.33. The summed E-state index contributed by atoms with van der Waals surface area (Å²) in [6, 6.07) is 3.72. The minimum atomic E-state index is -3.05. The second kappa shape index (κ2) is 6.30. The molecule has 0 aliphatic carbocycles. The van der Waals surface area contributed by atoms with Crippen molar-refractivity contribution < 1.29 is 12.8 Å². The molecule has 7 heteroatoms. The highest BCUT2D eigenvalue weighted by atomic mass is 32.2. The molecule has 1 aromatic heterocycles. The van der Waals surface area contributed by atoms with Crippen LogP contribution in [0, 0.1) is 0 Å². The zero-order chi connectivity index (χ0) is 13.9. The Kier molecular flexibility index (Phi) is 4.94. The van der Waals surface area contributed by atoms with Gasteiger partial charge in [0.25, 0.3) is 0 Å². The summed E-state index contributed by atoms with van der Waals surface area (Å²) >= 11 is 1.70. The Morgan fingerprint density at radius 3 is 2.84 bits per heavy atom. The van der Waals surface area contributed by atoms with Gasteiger partial charge in [-0.3, -0.25) is 4.90 Å². The average Bonchev–Trinajstić information content (AvgIpc) is 2.87. The fourth-order valence-electron chi connectivity index (χ4n) is 2.14. The number of nitrogens with two attached hydrogens (primary N) is 1. The Hall–Kier alpha value is -0.500. The summed E-state index contributed by atoms with van der Waals surface area (Å²) in [4.78, 5) is 1.99. The van der Waals surface area contributed by atoms with Gasteiger partial charge in [0.15, 0.2) is 9.84 Å². The third-order valence-corrected chi connectivity index (χ3v) is 6.62. The Morgan fingerprint density at radius 1 is 1.47 bits per heavy atom. The first-order valence-corrected chi connectivity index (χ1v) is 9.25. The van der Waals surface area contributed by atoms with E-state index >= 15 is 0 Å². The molecule has 0 bridgehead atoms. The molecule has 2 heterocycles. The molecule has 108 valence electrons. The highest BCUT2D eigenvalue weighted by molar-refractivity contribution is 8.01. The van der Waals surface area contributed by atoms with Gasteiger partial charge in [0, 0.05) is 23.8 Å². The number of hydrogen-bond donors (Lipinski definition) is 1. The van der Waals surface area contributed by atoms with Crippen LogP contribution in [0.5, 0.6) is 0 Å². The first-order chi connectivity index (χ1) is 9.06. The van der Waals surface area contributed by atoms with E-state index in [0.717, 1.165) is 23.8 Å². The molecule has 19 heavy (non-hydrogen) atoms. The number of thioether (sulfide) groups is 1. The molecule has 0 aromatic carbocycles. The molecule has 0 radical (unpaired) electrons. The molecule has 1 aliphatic rings. The van der Waals surface area contributed by atoms with Crippen LogP contribution in [0.1, 0.15) is 18.4 Å². The topological polar surface area (TPSA) is 76.5 Å². The number of sulfone groups is 1. The SMILES string of the molecule is CCS(=O)(=O)C1CSCCN1Cc1ccc(CN)o1. The third-order valence-electron chi connectivity index (χ3n) is 3.28. The van der Waals surface area contributed by atoms with E-state index in [2.05, 4.69) is 0 Å². The lowest BCUT2D eigenvalue weighted by molar-refractivity contribution is 0.238. The summed E-state index contributed by atoms with van der Waals surface area (Å²) in [5.74, 6) is 3.29. The standard InChI is InChI=1S/C12H20N2O3S2/c1-2-19(15,16)12-9-18-6-5-14(12)8-11-4-3-10(7-13)17-11/h3-4,12H,2,5-9,13H2,1H3. The quantitative estimate of drug-likeness (QED) is 0.876. The Morgan fingerprint density at radius 2 is 2.21 bits per heavy atom. The number of rotatable bonds is 5. The van der Waals surface area contributed by atoms with Gasteiger partial charge in [-0.1, -0.05) is 6.92 Å². The number of nitrogens with zero attached hydrogens (tertiary/aromatic N) is 1.